The highest BCUT2D eigenvalue weighted by molar-refractivity contribution is 4.83. The van der Waals surface area contributed by atoms with Gasteiger partial charge in [0.15, 0.2) is 0 Å². The molecule has 0 saturated carbocycles. The van der Waals surface area contributed by atoms with Crippen molar-refractivity contribution >= 4 is 0 Å². The highest BCUT2D eigenvalue weighted by atomic mass is 16.3. The summed E-state index contributed by atoms with van der Waals surface area (Å²) in [5.41, 5.74) is 0. The Hall–Kier alpha value is -0.910. The van der Waals surface area contributed by atoms with E-state index in [4.69, 9.17) is 0 Å². The van der Waals surface area contributed by atoms with E-state index in [2.05, 4.69) is 19.4 Å². The van der Waals surface area contributed by atoms with Gasteiger partial charge in [-0.1, -0.05) is 0 Å². The Kier molecular flexibility index (Phi) is 5.27. The molecule has 0 bridgehead atoms. The molecule has 2 fully saturated rings. The molecule has 2 aliphatic rings. The highest BCUT2D eigenvalue weighted by Gasteiger charge is 2.27. The third-order valence-electron chi connectivity index (χ3n) is 4.95. The first kappa shape index (κ1) is 15.0. The number of piperidine rings is 2. The van der Waals surface area contributed by atoms with Crippen LogP contribution in [0.2, 0.25) is 0 Å². The summed E-state index contributed by atoms with van der Waals surface area (Å²) < 4.78 is 2.15. The van der Waals surface area contributed by atoms with Gasteiger partial charge in [0.1, 0.15) is 0 Å². The lowest BCUT2D eigenvalue weighted by Gasteiger charge is -2.41. The zero-order chi connectivity index (χ0) is 14.5. The van der Waals surface area contributed by atoms with Crippen molar-refractivity contribution in [2.75, 3.05) is 32.7 Å². The molecule has 1 atom stereocenters. The second-order valence-corrected chi connectivity index (χ2v) is 6.52. The second-order valence-electron chi connectivity index (χ2n) is 6.52. The van der Waals surface area contributed by atoms with Gasteiger partial charge >= 0.3 is 0 Å². The highest BCUT2D eigenvalue weighted by Crippen LogP contribution is 2.21. The van der Waals surface area contributed by atoms with Gasteiger partial charge < -0.3 is 14.6 Å². The number of aliphatic hydroxyl groups excluding tert-OH is 1. The first-order valence-electron chi connectivity index (χ1n) is 8.41. The van der Waals surface area contributed by atoms with E-state index in [9.17, 15) is 5.11 Å². The van der Waals surface area contributed by atoms with Crippen LogP contribution in [0.5, 0.6) is 0 Å². The zero-order valence-corrected chi connectivity index (χ0v) is 12.9. The van der Waals surface area contributed by atoms with Gasteiger partial charge in [0, 0.05) is 31.5 Å². The summed E-state index contributed by atoms with van der Waals surface area (Å²) in [5.74, 6) is 0. The molecule has 0 aromatic carbocycles. The van der Waals surface area contributed by atoms with Gasteiger partial charge in [-0.25, -0.2) is 4.98 Å². The van der Waals surface area contributed by atoms with Crippen LogP contribution >= 0.6 is 0 Å². The molecule has 1 aromatic heterocycles. The van der Waals surface area contributed by atoms with Crippen LogP contribution in [0.25, 0.3) is 0 Å². The maximum Gasteiger partial charge on any atom is 0.0945 e. The molecule has 5 heteroatoms. The molecule has 2 aliphatic heterocycles. The molecule has 1 N–H and O–H groups in total. The van der Waals surface area contributed by atoms with Gasteiger partial charge in [0.05, 0.1) is 12.4 Å². The smallest absolute Gasteiger partial charge is 0.0945 e. The molecule has 0 aliphatic carbocycles. The molecule has 3 heterocycles. The number of aryl methyl sites for hydroxylation is 1. The summed E-state index contributed by atoms with van der Waals surface area (Å²) in [4.78, 5) is 9.19. The third-order valence-corrected chi connectivity index (χ3v) is 4.95. The van der Waals surface area contributed by atoms with Crippen LogP contribution in [0, 0.1) is 0 Å². The van der Waals surface area contributed by atoms with Gasteiger partial charge in [-0.05, 0) is 58.3 Å². The Balaban J connectivity index is 1.35. The van der Waals surface area contributed by atoms with Crippen molar-refractivity contribution < 1.29 is 5.11 Å². The molecule has 1 unspecified atom stereocenters. The molecule has 0 amide bonds. The molecule has 5 nitrogen and oxygen atoms in total. The third kappa shape index (κ3) is 4.28. The number of imidazole rings is 1. The minimum absolute atomic E-state index is 0.0908. The van der Waals surface area contributed by atoms with E-state index in [1.807, 2.05) is 18.7 Å². The Bertz CT molecular complexity index is 400. The van der Waals surface area contributed by atoms with E-state index in [1.54, 1.807) is 0 Å². The first-order valence-corrected chi connectivity index (χ1v) is 8.41. The van der Waals surface area contributed by atoms with Crippen LogP contribution in [0.3, 0.4) is 0 Å². The van der Waals surface area contributed by atoms with Crippen LogP contribution in [-0.4, -0.2) is 69.3 Å². The van der Waals surface area contributed by atoms with Crippen molar-refractivity contribution in [1.29, 1.82) is 0 Å². The van der Waals surface area contributed by atoms with Crippen LogP contribution in [0.4, 0.5) is 0 Å². The van der Waals surface area contributed by atoms with Gasteiger partial charge in [-0.3, -0.25) is 4.90 Å². The van der Waals surface area contributed by atoms with E-state index in [0.717, 1.165) is 25.9 Å². The van der Waals surface area contributed by atoms with Crippen molar-refractivity contribution in [1.82, 2.24) is 19.4 Å². The van der Waals surface area contributed by atoms with Crippen LogP contribution < -0.4 is 0 Å². The number of hydrogen-bond donors (Lipinski definition) is 1. The quantitative estimate of drug-likeness (QED) is 0.885. The maximum absolute atomic E-state index is 9.81. The van der Waals surface area contributed by atoms with Gasteiger partial charge in [-0.15, -0.1) is 0 Å². The first-order chi connectivity index (χ1) is 10.3. The number of β-amino-alcohol motifs (C(OH)–C–C–N with tert-alkyl or cyclic N) is 1. The van der Waals surface area contributed by atoms with Crippen molar-refractivity contribution in [3.05, 3.63) is 18.7 Å². The van der Waals surface area contributed by atoms with Crippen LogP contribution in [0.1, 0.15) is 32.1 Å². The monoisotopic (exact) mass is 292 g/mol. The molecule has 118 valence electrons. The van der Waals surface area contributed by atoms with E-state index in [-0.39, 0.29) is 6.10 Å². The molecular weight excluding hydrogens is 264 g/mol. The molecule has 1 aromatic rings. The van der Waals surface area contributed by atoms with E-state index < -0.39 is 0 Å². The topological polar surface area (TPSA) is 44.5 Å². The van der Waals surface area contributed by atoms with Crippen LogP contribution in [0.15, 0.2) is 18.7 Å². The average Bonchev–Trinajstić information content (AvgIpc) is 3.01. The van der Waals surface area contributed by atoms with E-state index >= 15 is 0 Å². The fourth-order valence-electron chi connectivity index (χ4n) is 3.72. The molecule has 2 saturated heterocycles. The Morgan fingerprint density at radius 3 is 2.67 bits per heavy atom. The summed E-state index contributed by atoms with van der Waals surface area (Å²) in [5, 5.41) is 9.81. The molecule has 0 spiro atoms. The normalized spacial score (nSPS) is 26.2. The Morgan fingerprint density at radius 1 is 1.10 bits per heavy atom. The summed E-state index contributed by atoms with van der Waals surface area (Å²) in [7, 11) is 0. The lowest BCUT2D eigenvalue weighted by atomic mass is 9.99. The minimum atomic E-state index is -0.0908. The molecule has 3 rings (SSSR count). The SMILES string of the molecule is OC1CCCN(C2CCN(CCCn3ccnc3)CC2)C1. The maximum atomic E-state index is 9.81. The van der Waals surface area contributed by atoms with E-state index in [0.29, 0.717) is 6.04 Å². The van der Waals surface area contributed by atoms with Gasteiger partial charge in [0.25, 0.3) is 0 Å². The molecule has 0 radical (unpaired) electrons. The predicted octanol–water partition coefficient (Wildman–Crippen LogP) is 1.19. The second kappa shape index (κ2) is 7.38. The standard InChI is InChI=1S/C16H28N4O/c21-16-3-1-9-20(13-16)15-4-10-18(11-5-15)7-2-8-19-12-6-17-14-19/h6,12,14-16,21H,1-5,7-11,13H2. The Labute approximate surface area is 127 Å². The summed E-state index contributed by atoms with van der Waals surface area (Å²) in [6, 6.07) is 0.699. The fourth-order valence-corrected chi connectivity index (χ4v) is 3.72. The predicted molar refractivity (Wildman–Crippen MR) is 83.1 cm³/mol. The summed E-state index contributed by atoms with van der Waals surface area (Å²) >= 11 is 0. The lowest BCUT2D eigenvalue weighted by molar-refractivity contribution is 0.0251. The minimum Gasteiger partial charge on any atom is -0.392 e. The van der Waals surface area contributed by atoms with Crippen LogP contribution in [-0.2, 0) is 6.54 Å². The zero-order valence-electron chi connectivity index (χ0n) is 12.9. The summed E-state index contributed by atoms with van der Waals surface area (Å²) in [6.07, 6.45) is 11.6. The Morgan fingerprint density at radius 2 is 1.95 bits per heavy atom. The lowest BCUT2D eigenvalue weighted by Crippen LogP contribution is -2.49. The fraction of sp³-hybridized carbons (Fsp3) is 0.812. The van der Waals surface area contributed by atoms with Crippen molar-refractivity contribution in [2.24, 2.45) is 0 Å². The number of likely N-dealkylation sites (tertiary alicyclic amines) is 2. The number of rotatable bonds is 5. The van der Waals surface area contributed by atoms with Gasteiger partial charge in [0.2, 0.25) is 0 Å². The molecule has 21 heavy (non-hydrogen) atoms. The largest absolute Gasteiger partial charge is 0.392 e. The summed E-state index contributed by atoms with van der Waals surface area (Å²) in [6.45, 7) is 6.75. The van der Waals surface area contributed by atoms with Crippen molar-refractivity contribution in [2.45, 2.75) is 50.8 Å². The average molecular weight is 292 g/mol. The van der Waals surface area contributed by atoms with Gasteiger partial charge in [-0.2, -0.15) is 0 Å². The molecular formula is C16H28N4O. The van der Waals surface area contributed by atoms with E-state index in [1.165, 1.54) is 45.4 Å². The number of nitrogens with zero attached hydrogens (tertiary/aromatic N) is 4. The van der Waals surface area contributed by atoms with Crippen molar-refractivity contribution in [3.8, 4) is 0 Å². The number of aromatic nitrogens is 2. The number of hydrogen-bond acceptors (Lipinski definition) is 4. The number of aliphatic hydroxyl groups is 1. The van der Waals surface area contributed by atoms with Crippen molar-refractivity contribution in [3.63, 3.8) is 0 Å².